The lowest BCUT2D eigenvalue weighted by atomic mass is 10.1. The number of aromatic nitrogens is 1. The molecule has 3 heteroatoms. The third-order valence-corrected chi connectivity index (χ3v) is 1.48. The summed E-state index contributed by atoms with van der Waals surface area (Å²) in [5.41, 5.74) is 1.56. The number of aliphatic carboxylic acids is 1. The molecule has 3 nitrogen and oxygen atoms in total. The molecule has 1 N–H and O–H groups in total. The highest BCUT2D eigenvalue weighted by Gasteiger charge is 2.06. The predicted octanol–water partition coefficient (Wildman–Crippen LogP) is 1.49. The van der Waals surface area contributed by atoms with E-state index in [1.165, 1.54) is 6.20 Å². The van der Waals surface area contributed by atoms with E-state index in [1.807, 2.05) is 6.92 Å². The van der Waals surface area contributed by atoms with Gasteiger partial charge in [0.1, 0.15) is 0 Å². The summed E-state index contributed by atoms with van der Waals surface area (Å²) in [5, 5.41) is 8.60. The highest BCUT2D eigenvalue weighted by atomic mass is 16.4. The van der Waals surface area contributed by atoms with E-state index in [0.717, 1.165) is 5.56 Å². The van der Waals surface area contributed by atoms with Crippen LogP contribution in [0.3, 0.4) is 0 Å². The molecule has 0 saturated heterocycles. The molecule has 62 valence electrons. The Kier molecular flexibility index (Phi) is 2.24. The molecule has 0 bridgehead atoms. The number of hydrogen-bond acceptors (Lipinski definition) is 2. The number of nitrogens with zero attached hydrogens (tertiary/aromatic N) is 1. The van der Waals surface area contributed by atoms with Crippen LogP contribution in [0.25, 0.3) is 5.57 Å². The average Bonchev–Trinajstić information content (AvgIpc) is 2.03. The summed E-state index contributed by atoms with van der Waals surface area (Å²) in [6.07, 6.45) is 3.15. The summed E-state index contributed by atoms with van der Waals surface area (Å²) >= 11 is 0. The zero-order valence-corrected chi connectivity index (χ0v) is 6.74. The molecule has 0 aliphatic rings. The van der Waals surface area contributed by atoms with Crippen molar-refractivity contribution < 1.29 is 9.90 Å². The Hall–Kier alpha value is -1.64. The minimum Gasteiger partial charge on any atom is -0.478 e. The maximum absolute atomic E-state index is 10.5. The van der Waals surface area contributed by atoms with Gasteiger partial charge < -0.3 is 5.11 Å². The van der Waals surface area contributed by atoms with Crippen LogP contribution in [0.1, 0.15) is 11.1 Å². The third-order valence-electron chi connectivity index (χ3n) is 1.48. The van der Waals surface area contributed by atoms with Gasteiger partial charge in [-0.3, -0.25) is 4.98 Å². The number of aryl methyl sites for hydroxylation is 1. The van der Waals surface area contributed by atoms with Crippen LogP contribution >= 0.6 is 0 Å². The number of pyridine rings is 1. The van der Waals surface area contributed by atoms with Crippen molar-refractivity contribution in [3.05, 3.63) is 36.2 Å². The van der Waals surface area contributed by atoms with Crippen molar-refractivity contribution in [1.29, 1.82) is 0 Å². The van der Waals surface area contributed by atoms with Gasteiger partial charge >= 0.3 is 5.97 Å². The van der Waals surface area contributed by atoms with E-state index < -0.39 is 5.97 Å². The van der Waals surface area contributed by atoms with Crippen LogP contribution < -0.4 is 0 Å². The molecule has 0 atom stereocenters. The number of carbonyl (C=O) groups is 1. The van der Waals surface area contributed by atoms with Crippen LogP contribution in [-0.2, 0) is 4.79 Å². The van der Waals surface area contributed by atoms with Gasteiger partial charge in [0.2, 0.25) is 0 Å². The molecule has 0 saturated carbocycles. The molecule has 0 radical (unpaired) electrons. The van der Waals surface area contributed by atoms with E-state index in [1.54, 1.807) is 12.3 Å². The molecule has 1 aromatic rings. The normalized spacial score (nSPS) is 9.42. The number of rotatable bonds is 2. The van der Waals surface area contributed by atoms with E-state index in [4.69, 9.17) is 5.11 Å². The van der Waals surface area contributed by atoms with Gasteiger partial charge in [0.25, 0.3) is 0 Å². The summed E-state index contributed by atoms with van der Waals surface area (Å²) < 4.78 is 0. The minimum absolute atomic E-state index is 0.0752. The fourth-order valence-corrected chi connectivity index (χ4v) is 0.843. The van der Waals surface area contributed by atoms with Crippen molar-refractivity contribution in [2.45, 2.75) is 6.92 Å². The van der Waals surface area contributed by atoms with Crippen molar-refractivity contribution in [2.24, 2.45) is 0 Å². The van der Waals surface area contributed by atoms with Crippen LogP contribution in [0, 0.1) is 6.92 Å². The first kappa shape index (κ1) is 8.46. The van der Waals surface area contributed by atoms with Gasteiger partial charge in [-0.15, -0.1) is 0 Å². The molecule has 0 aromatic carbocycles. The zero-order valence-electron chi connectivity index (χ0n) is 6.74. The lowest BCUT2D eigenvalue weighted by Gasteiger charge is -1.99. The molecule has 12 heavy (non-hydrogen) atoms. The second kappa shape index (κ2) is 3.17. The summed E-state index contributed by atoms with van der Waals surface area (Å²) in [7, 11) is 0. The van der Waals surface area contributed by atoms with Crippen molar-refractivity contribution in [1.82, 2.24) is 4.98 Å². The Balaban J connectivity index is 3.04. The minimum atomic E-state index is -1.01. The zero-order chi connectivity index (χ0) is 9.14. The monoisotopic (exact) mass is 163 g/mol. The Bertz CT molecular complexity index is 331. The first-order valence-corrected chi connectivity index (χ1v) is 3.45. The van der Waals surface area contributed by atoms with Crippen molar-refractivity contribution >= 4 is 11.5 Å². The number of carboxylic acids is 1. The fraction of sp³-hybridized carbons (Fsp3) is 0.111. The van der Waals surface area contributed by atoms with Crippen LogP contribution in [-0.4, -0.2) is 16.1 Å². The van der Waals surface area contributed by atoms with Gasteiger partial charge in [-0.05, 0) is 18.6 Å². The second-order valence-corrected chi connectivity index (χ2v) is 2.53. The van der Waals surface area contributed by atoms with Gasteiger partial charge in [-0.25, -0.2) is 4.79 Å². The fourth-order valence-electron chi connectivity index (χ4n) is 0.843. The smallest absolute Gasteiger partial charge is 0.335 e. The Morgan fingerprint density at radius 3 is 2.75 bits per heavy atom. The quantitative estimate of drug-likeness (QED) is 0.672. The highest BCUT2D eigenvalue weighted by Crippen LogP contribution is 2.11. The van der Waals surface area contributed by atoms with Gasteiger partial charge in [-0.1, -0.05) is 6.58 Å². The van der Waals surface area contributed by atoms with E-state index in [-0.39, 0.29) is 5.57 Å². The van der Waals surface area contributed by atoms with Gasteiger partial charge in [0, 0.05) is 18.0 Å². The van der Waals surface area contributed by atoms with E-state index >= 15 is 0 Å². The lowest BCUT2D eigenvalue weighted by Crippen LogP contribution is -1.98. The average molecular weight is 163 g/mol. The standard InChI is InChI=1S/C9H9NO2/c1-6-3-8(5-10-4-6)7(2)9(11)12/h3-5H,2H2,1H3,(H,11,12). The molecule has 0 spiro atoms. The van der Waals surface area contributed by atoms with Crippen molar-refractivity contribution in [2.75, 3.05) is 0 Å². The number of carboxylic acid groups (broad SMARTS) is 1. The lowest BCUT2D eigenvalue weighted by molar-refractivity contribution is -0.130. The highest BCUT2D eigenvalue weighted by molar-refractivity contribution is 6.14. The molecule has 1 aromatic heterocycles. The molecule has 1 heterocycles. The Labute approximate surface area is 70.4 Å². The summed E-state index contributed by atoms with van der Waals surface area (Å²) in [6, 6.07) is 1.74. The number of hydrogen-bond donors (Lipinski definition) is 1. The van der Waals surface area contributed by atoms with Gasteiger partial charge in [0.15, 0.2) is 0 Å². The molecule has 1 rings (SSSR count). The van der Waals surface area contributed by atoms with E-state index in [0.29, 0.717) is 5.56 Å². The molecule has 0 aliphatic carbocycles. The van der Waals surface area contributed by atoms with E-state index in [2.05, 4.69) is 11.6 Å². The van der Waals surface area contributed by atoms with Crippen molar-refractivity contribution in [3.63, 3.8) is 0 Å². The Morgan fingerprint density at radius 2 is 2.25 bits per heavy atom. The largest absolute Gasteiger partial charge is 0.478 e. The second-order valence-electron chi connectivity index (χ2n) is 2.53. The predicted molar refractivity (Wildman–Crippen MR) is 45.6 cm³/mol. The van der Waals surface area contributed by atoms with Gasteiger partial charge in [0.05, 0.1) is 5.57 Å². The SMILES string of the molecule is C=C(C(=O)O)c1cncc(C)c1. The topological polar surface area (TPSA) is 50.2 Å². The maximum Gasteiger partial charge on any atom is 0.335 e. The van der Waals surface area contributed by atoms with Crippen LogP contribution in [0.2, 0.25) is 0 Å². The molecular formula is C9H9NO2. The maximum atomic E-state index is 10.5. The Morgan fingerprint density at radius 1 is 1.58 bits per heavy atom. The van der Waals surface area contributed by atoms with Crippen molar-refractivity contribution in [3.8, 4) is 0 Å². The first-order valence-electron chi connectivity index (χ1n) is 3.45. The first-order chi connectivity index (χ1) is 5.61. The summed E-state index contributed by atoms with van der Waals surface area (Å²) in [5.74, 6) is -1.01. The molecule has 0 unspecified atom stereocenters. The molecule has 0 fully saturated rings. The third kappa shape index (κ3) is 1.69. The molecular weight excluding hydrogens is 154 g/mol. The van der Waals surface area contributed by atoms with E-state index in [9.17, 15) is 4.79 Å². The summed E-state index contributed by atoms with van der Waals surface area (Å²) in [4.78, 5) is 14.3. The molecule has 0 amide bonds. The van der Waals surface area contributed by atoms with Crippen LogP contribution in [0.15, 0.2) is 25.0 Å². The summed E-state index contributed by atoms with van der Waals surface area (Å²) in [6.45, 7) is 5.28. The molecule has 0 aliphatic heterocycles. The van der Waals surface area contributed by atoms with Gasteiger partial charge in [-0.2, -0.15) is 0 Å². The van der Waals surface area contributed by atoms with Crippen LogP contribution in [0.5, 0.6) is 0 Å². The van der Waals surface area contributed by atoms with Crippen LogP contribution in [0.4, 0.5) is 0 Å².